The van der Waals surface area contributed by atoms with Crippen molar-refractivity contribution in [2.45, 2.75) is 26.0 Å². The first-order valence-corrected chi connectivity index (χ1v) is 7.35. The first-order valence-electron chi connectivity index (χ1n) is 7.35. The smallest absolute Gasteiger partial charge is 0.270 e. The van der Waals surface area contributed by atoms with Gasteiger partial charge in [-0.2, -0.15) is 0 Å². The van der Waals surface area contributed by atoms with Gasteiger partial charge in [-0.3, -0.25) is 9.69 Å². The topological polar surface area (TPSA) is 74.0 Å². The molecule has 2 rings (SSSR count). The summed E-state index contributed by atoms with van der Waals surface area (Å²) in [6.07, 6.45) is -0.499. The van der Waals surface area contributed by atoms with Gasteiger partial charge in [0.25, 0.3) is 5.91 Å². The molecular formula is C16H24N2O4. The molecule has 2 atom stereocenters. The first-order chi connectivity index (χ1) is 10.5. The molecule has 2 unspecified atom stereocenters. The van der Waals surface area contributed by atoms with Crippen molar-refractivity contribution >= 4 is 11.6 Å². The van der Waals surface area contributed by atoms with Gasteiger partial charge in [0.1, 0.15) is 12.5 Å². The Morgan fingerprint density at radius 1 is 1.32 bits per heavy atom. The fraction of sp³-hybridized carbons (Fsp3) is 0.562. The number of benzene rings is 1. The van der Waals surface area contributed by atoms with Crippen molar-refractivity contribution < 1.29 is 19.0 Å². The fourth-order valence-electron chi connectivity index (χ4n) is 2.49. The van der Waals surface area contributed by atoms with Crippen molar-refractivity contribution in [3.63, 3.8) is 0 Å². The number of ether oxygens (including phenoxy) is 3. The van der Waals surface area contributed by atoms with E-state index in [4.69, 9.17) is 19.9 Å². The van der Waals surface area contributed by atoms with Crippen LogP contribution in [-0.2, 0) is 14.3 Å². The van der Waals surface area contributed by atoms with Gasteiger partial charge >= 0.3 is 0 Å². The predicted octanol–water partition coefficient (Wildman–Crippen LogP) is 1.69. The lowest BCUT2D eigenvalue weighted by atomic mass is 10.0. The van der Waals surface area contributed by atoms with Crippen molar-refractivity contribution in [3.05, 3.63) is 23.8 Å². The highest BCUT2D eigenvalue weighted by Crippen LogP contribution is 2.37. The van der Waals surface area contributed by atoms with Gasteiger partial charge < -0.3 is 19.9 Å². The average molecular weight is 308 g/mol. The van der Waals surface area contributed by atoms with Crippen LogP contribution in [0.3, 0.4) is 0 Å². The van der Waals surface area contributed by atoms with Crippen LogP contribution >= 0.6 is 0 Å². The van der Waals surface area contributed by atoms with E-state index in [0.29, 0.717) is 18.0 Å². The highest BCUT2D eigenvalue weighted by molar-refractivity contribution is 6.00. The Morgan fingerprint density at radius 3 is 2.64 bits per heavy atom. The minimum atomic E-state index is -0.499. The van der Waals surface area contributed by atoms with E-state index >= 15 is 0 Å². The molecule has 0 spiro atoms. The lowest BCUT2D eigenvalue weighted by Gasteiger charge is -2.36. The van der Waals surface area contributed by atoms with Gasteiger partial charge in [-0.1, -0.05) is 19.9 Å². The number of amides is 1. The highest BCUT2D eigenvalue weighted by Gasteiger charge is 2.36. The third-order valence-corrected chi connectivity index (χ3v) is 3.68. The molecule has 1 aromatic carbocycles. The minimum Gasteiger partial charge on any atom is -0.478 e. The largest absolute Gasteiger partial charge is 0.478 e. The first kappa shape index (κ1) is 16.7. The second-order valence-electron chi connectivity index (χ2n) is 5.76. The number of hydrogen-bond acceptors (Lipinski definition) is 5. The number of nitrogens with two attached hydrogens (primary N) is 1. The molecule has 1 aliphatic rings. The summed E-state index contributed by atoms with van der Waals surface area (Å²) < 4.78 is 16.1. The van der Waals surface area contributed by atoms with Gasteiger partial charge in [-0.25, -0.2) is 0 Å². The molecule has 0 bridgehead atoms. The van der Waals surface area contributed by atoms with E-state index in [0.717, 1.165) is 5.56 Å². The fourth-order valence-corrected chi connectivity index (χ4v) is 2.49. The predicted molar refractivity (Wildman–Crippen MR) is 83.9 cm³/mol. The summed E-state index contributed by atoms with van der Waals surface area (Å²) >= 11 is 0. The van der Waals surface area contributed by atoms with Crippen molar-refractivity contribution in [1.82, 2.24) is 0 Å². The Balaban J connectivity index is 2.39. The molecule has 0 saturated carbocycles. The molecule has 22 heavy (non-hydrogen) atoms. The van der Waals surface area contributed by atoms with E-state index in [1.807, 2.05) is 32.0 Å². The normalized spacial score (nSPS) is 19.1. The van der Waals surface area contributed by atoms with Crippen molar-refractivity contribution in [1.29, 1.82) is 0 Å². The molecule has 1 aromatic rings. The molecule has 1 heterocycles. The lowest BCUT2D eigenvalue weighted by Crippen LogP contribution is -2.49. The second kappa shape index (κ2) is 7.09. The zero-order chi connectivity index (χ0) is 16.3. The van der Waals surface area contributed by atoms with Crippen LogP contribution in [0.25, 0.3) is 0 Å². The number of hydrogen-bond donors (Lipinski definition) is 1. The molecule has 1 amide bonds. The molecule has 0 saturated heterocycles. The van der Waals surface area contributed by atoms with Crippen molar-refractivity contribution in [2.24, 2.45) is 11.7 Å². The molecule has 0 radical (unpaired) electrons. The minimum absolute atomic E-state index is 0.0791. The zero-order valence-electron chi connectivity index (χ0n) is 13.5. The summed E-state index contributed by atoms with van der Waals surface area (Å²) in [4.78, 5) is 14.2. The molecule has 6 nitrogen and oxygen atoms in total. The Labute approximate surface area is 131 Å². The molecule has 2 N–H and O–H groups in total. The van der Waals surface area contributed by atoms with Crippen LogP contribution in [-0.4, -0.2) is 39.6 Å². The standard InChI is InChI=1S/C16H24N2O4/c1-10(2)15-16(19)18(9-21-4)13-7-11(12(17)8-20-3)5-6-14(13)22-15/h5-7,10,12,15H,8-9,17H2,1-4H3. The summed E-state index contributed by atoms with van der Waals surface area (Å²) in [5.74, 6) is 0.654. The molecule has 0 aliphatic carbocycles. The number of carbonyl (C=O) groups excluding carboxylic acids is 1. The SMILES string of the molecule is COCC(N)c1ccc2c(c1)N(COC)C(=O)C(C(C)C)O2. The van der Waals surface area contributed by atoms with Gasteiger partial charge in [-0.05, 0) is 23.6 Å². The van der Waals surface area contributed by atoms with E-state index in [2.05, 4.69) is 0 Å². The van der Waals surface area contributed by atoms with Crippen molar-refractivity contribution in [3.8, 4) is 5.75 Å². The molecule has 1 aliphatic heterocycles. The second-order valence-corrected chi connectivity index (χ2v) is 5.76. The van der Waals surface area contributed by atoms with Crippen LogP contribution in [0, 0.1) is 5.92 Å². The number of methoxy groups -OCH3 is 2. The summed E-state index contributed by atoms with van der Waals surface area (Å²) in [6.45, 7) is 4.51. The lowest BCUT2D eigenvalue weighted by molar-refractivity contribution is -0.129. The molecule has 6 heteroatoms. The van der Waals surface area contributed by atoms with Crippen molar-refractivity contribution in [2.75, 3.05) is 32.5 Å². The summed E-state index contributed by atoms with van der Waals surface area (Å²) in [6, 6.07) is 5.37. The van der Waals surface area contributed by atoms with Gasteiger partial charge in [0.05, 0.1) is 18.3 Å². The van der Waals surface area contributed by atoms with Crippen LogP contribution in [0.2, 0.25) is 0 Å². The van der Waals surface area contributed by atoms with Crippen LogP contribution in [0.4, 0.5) is 5.69 Å². The quantitative estimate of drug-likeness (QED) is 0.865. The number of fused-ring (bicyclic) bond motifs is 1. The van der Waals surface area contributed by atoms with Gasteiger partial charge in [-0.15, -0.1) is 0 Å². The number of carbonyl (C=O) groups is 1. The van der Waals surface area contributed by atoms with E-state index in [1.54, 1.807) is 19.1 Å². The average Bonchev–Trinajstić information content (AvgIpc) is 2.49. The Kier molecular flexibility index (Phi) is 5.39. The number of nitrogens with zero attached hydrogens (tertiary/aromatic N) is 1. The summed E-state index contributed by atoms with van der Waals surface area (Å²) in [5, 5.41) is 0. The maximum Gasteiger partial charge on any atom is 0.270 e. The van der Waals surface area contributed by atoms with Crippen LogP contribution < -0.4 is 15.4 Å². The van der Waals surface area contributed by atoms with E-state index in [9.17, 15) is 4.79 Å². The van der Waals surface area contributed by atoms with Crippen LogP contribution in [0.1, 0.15) is 25.5 Å². The molecule has 122 valence electrons. The highest BCUT2D eigenvalue weighted by atomic mass is 16.5. The van der Waals surface area contributed by atoms with E-state index in [1.165, 1.54) is 0 Å². The third-order valence-electron chi connectivity index (χ3n) is 3.68. The third kappa shape index (κ3) is 3.24. The van der Waals surface area contributed by atoms with Crippen LogP contribution in [0.5, 0.6) is 5.75 Å². The number of anilines is 1. The zero-order valence-corrected chi connectivity index (χ0v) is 13.5. The van der Waals surface area contributed by atoms with E-state index in [-0.39, 0.29) is 24.6 Å². The number of rotatable bonds is 6. The maximum absolute atomic E-state index is 12.6. The Hall–Kier alpha value is -1.63. The summed E-state index contributed by atoms with van der Waals surface area (Å²) in [7, 11) is 3.17. The molecule has 0 fully saturated rings. The van der Waals surface area contributed by atoms with Gasteiger partial charge in [0, 0.05) is 14.2 Å². The molecule has 0 aromatic heterocycles. The van der Waals surface area contributed by atoms with E-state index < -0.39 is 6.10 Å². The Bertz CT molecular complexity index is 533. The molecular weight excluding hydrogens is 284 g/mol. The van der Waals surface area contributed by atoms with Gasteiger partial charge in [0.2, 0.25) is 0 Å². The van der Waals surface area contributed by atoms with Crippen LogP contribution in [0.15, 0.2) is 18.2 Å². The monoisotopic (exact) mass is 308 g/mol. The summed E-state index contributed by atoms with van der Waals surface area (Å²) in [5.41, 5.74) is 7.65. The maximum atomic E-state index is 12.6. The Morgan fingerprint density at radius 2 is 2.05 bits per heavy atom. The van der Waals surface area contributed by atoms with Gasteiger partial charge in [0.15, 0.2) is 6.10 Å².